The normalized spacial score (nSPS) is 13.3. The molecule has 0 saturated carbocycles. The van der Waals surface area contributed by atoms with E-state index in [9.17, 15) is 9.90 Å². The standard InChI is InChI=1S/C19H22O4/c20-13-14-23-18(21)19(22,15-17-9-5-2-6-10-17)12-11-16-7-3-1-4-8-16/h1-10,20,22H,11-15H2. The maximum absolute atomic E-state index is 12.3. The Kier molecular flexibility index (Phi) is 6.32. The lowest BCUT2D eigenvalue weighted by molar-refractivity contribution is -0.167. The number of esters is 1. The minimum atomic E-state index is -1.60. The molecule has 4 heteroatoms. The van der Waals surface area contributed by atoms with E-state index in [0.717, 1.165) is 11.1 Å². The number of benzene rings is 2. The van der Waals surface area contributed by atoms with E-state index in [4.69, 9.17) is 9.84 Å². The van der Waals surface area contributed by atoms with Crippen molar-refractivity contribution in [3.63, 3.8) is 0 Å². The van der Waals surface area contributed by atoms with Gasteiger partial charge in [0, 0.05) is 6.42 Å². The molecule has 0 bridgehead atoms. The van der Waals surface area contributed by atoms with Gasteiger partial charge in [0.05, 0.1) is 6.61 Å². The summed E-state index contributed by atoms with van der Waals surface area (Å²) in [5, 5.41) is 19.7. The van der Waals surface area contributed by atoms with E-state index in [-0.39, 0.29) is 26.1 Å². The van der Waals surface area contributed by atoms with Gasteiger partial charge in [0.2, 0.25) is 0 Å². The van der Waals surface area contributed by atoms with Crippen molar-refractivity contribution in [1.29, 1.82) is 0 Å². The third-order valence-electron chi connectivity index (χ3n) is 3.71. The van der Waals surface area contributed by atoms with Crippen LogP contribution in [0.3, 0.4) is 0 Å². The van der Waals surface area contributed by atoms with Crippen LogP contribution in [0.5, 0.6) is 0 Å². The molecule has 2 aromatic carbocycles. The van der Waals surface area contributed by atoms with Crippen molar-refractivity contribution in [3.05, 3.63) is 71.8 Å². The summed E-state index contributed by atoms with van der Waals surface area (Å²) in [5.41, 5.74) is 0.310. The van der Waals surface area contributed by atoms with Crippen molar-refractivity contribution in [2.45, 2.75) is 24.9 Å². The Bertz CT molecular complexity index is 597. The Balaban J connectivity index is 2.11. The fourth-order valence-electron chi connectivity index (χ4n) is 2.46. The van der Waals surface area contributed by atoms with Crippen molar-refractivity contribution < 1.29 is 19.7 Å². The number of carbonyl (C=O) groups excluding carboxylic acids is 1. The molecule has 0 aliphatic heterocycles. The zero-order valence-electron chi connectivity index (χ0n) is 13.0. The molecule has 4 nitrogen and oxygen atoms in total. The lowest BCUT2D eigenvalue weighted by atomic mass is 9.88. The van der Waals surface area contributed by atoms with E-state index in [2.05, 4.69) is 0 Å². The number of carbonyl (C=O) groups is 1. The minimum Gasteiger partial charge on any atom is -0.461 e. The summed E-state index contributed by atoms with van der Waals surface area (Å²) in [4.78, 5) is 12.3. The summed E-state index contributed by atoms with van der Waals surface area (Å²) in [7, 11) is 0. The largest absolute Gasteiger partial charge is 0.461 e. The fraction of sp³-hybridized carbons (Fsp3) is 0.316. The van der Waals surface area contributed by atoms with Gasteiger partial charge in [-0.3, -0.25) is 0 Å². The second-order valence-corrected chi connectivity index (χ2v) is 5.54. The lowest BCUT2D eigenvalue weighted by Gasteiger charge is -2.26. The van der Waals surface area contributed by atoms with Crippen LogP contribution in [0.4, 0.5) is 0 Å². The Morgan fingerprint density at radius 3 is 2.09 bits per heavy atom. The van der Waals surface area contributed by atoms with E-state index in [1.807, 2.05) is 60.7 Å². The highest BCUT2D eigenvalue weighted by molar-refractivity contribution is 5.79. The number of ether oxygens (including phenoxy) is 1. The van der Waals surface area contributed by atoms with Crippen LogP contribution in [0.25, 0.3) is 0 Å². The van der Waals surface area contributed by atoms with Crippen LogP contribution in [-0.2, 0) is 22.4 Å². The first-order chi connectivity index (χ1) is 11.1. The maximum Gasteiger partial charge on any atom is 0.338 e. The molecular weight excluding hydrogens is 292 g/mol. The van der Waals surface area contributed by atoms with Crippen LogP contribution >= 0.6 is 0 Å². The third kappa shape index (κ3) is 5.20. The SMILES string of the molecule is O=C(OCCO)C(O)(CCc1ccccc1)Cc1ccccc1. The minimum absolute atomic E-state index is 0.110. The topological polar surface area (TPSA) is 66.8 Å². The third-order valence-corrected chi connectivity index (χ3v) is 3.71. The summed E-state index contributed by atoms with van der Waals surface area (Å²) in [6.07, 6.45) is 1.01. The average Bonchev–Trinajstić information content (AvgIpc) is 2.59. The molecule has 122 valence electrons. The fourth-order valence-corrected chi connectivity index (χ4v) is 2.46. The average molecular weight is 314 g/mol. The Labute approximate surface area is 136 Å². The van der Waals surface area contributed by atoms with Gasteiger partial charge in [-0.2, -0.15) is 0 Å². The molecule has 1 unspecified atom stereocenters. The Morgan fingerprint density at radius 1 is 0.957 bits per heavy atom. The molecule has 2 aromatic rings. The number of aryl methyl sites for hydroxylation is 1. The maximum atomic E-state index is 12.3. The van der Waals surface area contributed by atoms with E-state index in [1.54, 1.807) is 0 Å². The van der Waals surface area contributed by atoms with Crippen molar-refractivity contribution in [2.75, 3.05) is 13.2 Å². The van der Waals surface area contributed by atoms with Gasteiger partial charge >= 0.3 is 5.97 Å². The molecule has 2 rings (SSSR count). The highest BCUT2D eigenvalue weighted by Crippen LogP contribution is 2.22. The predicted octanol–water partition coefficient (Wildman–Crippen LogP) is 2.13. The van der Waals surface area contributed by atoms with Gasteiger partial charge in [-0.15, -0.1) is 0 Å². The number of hydrogen-bond acceptors (Lipinski definition) is 4. The zero-order chi connectivity index (χ0) is 16.5. The molecular formula is C19H22O4. The van der Waals surface area contributed by atoms with Crippen molar-refractivity contribution in [2.24, 2.45) is 0 Å². The van der Waals surface area contributed by atoms with E-state index >= 15 is 0 Å². The van der Waals surface area contributed by atoms with Gasteiger partial charge < -0.3 is 14.9 Å². The molecule has 0 aromatic heterocycles. The second kappa shape index (κ2) is 8.46. The quantitative estimate of drug-likeness (QED) is 0.733. The van der Waals surface area contributed by atoms with Crippen LogP contribution in [0.1, 0.15) is 17.5 Å². The van der Waals surface area contributed by atoms with Crippen LogP contribution in [0.2, 0.25) is 0 Å². The lowest BCUT2D eigenvalue weighted by Crippen LogP contribution is -2.43. The van der Waals surface area contributed by atoms with Crippen LogP contribution in [0, 0.1) is 0 Å². The van der Waals surface area contributed by atoms with Gasteiger partial charge in [-0.25, -0.2) is 4.79 Å². The Morgan fingerprint density at radius 2 is 1.52 bits per heavy atom. The molecule has 0 fully saturated rings. The zero-order valence-corrected chi connectivity index (χ0v) is 13.0. The van der Waals surface area contributed by atoms with Crippen molar-refractivity contribution in [1.82, 2.24) is 0 Å². The predicted molar refractivity (Wildman–Crippen MR) is 87.9 cm³/mol. The molecule has 0 spiro atoms. The van der Waals surface area contributed by atoms with E-state index < -0.39 is 11.6 Å². The van der Waals surface area contributed by atoms with Crippen molar-refractivity contribution >= 4 is 5.97 Å². The Hall–Kier alpha value is -2.17. The molecule has 0 heterocycles. The molecule has 23 heavy (non-hydrogen) atoms. The first-order valence-electron chi connectivity index (χ1n) is 7.72. The number of rotatable bonds is 8. The van der Waals surface area contributed by atoms with E-state index in [1.165, 1.54) is 0 Å². The second-order valence-electron chi connectivity index (χ2n) is 5.54. The number of aliphatic hydroxyl groups excluding tert-OH is 1. The van der Waals surface area contributed by atoms with Crippen LogP contribution in [0.15, 0.2) is 60.7 Å². The molecule has 0 saturated heterocycles. The molecule has 2 N–H and O–H groups in total. The highest BCUT2D eigenvalue weighted by atomic mass is 16.6. The van der Waals surface area contributed by atoms with Gasteiger partial charge in [0.25, 0.3) is 0 Å². The van der Waals surface area contributed by atoms with Gasteiger partial charge in [0.1, 0.15) is 6.61 Å². The van der Waals surface area contributed by atoms with Crippen LogP contribution in [-0.4, -0.2) is 35.0 Å². The first kappa shape index (κ1) is 17.2. The van der Waals surface area contributed by atoms with E-state index in [0.29, 0.717) is 6.42 Å². The van der Waals surface area contributed by atoms with Gasteiger partial charge in [0.15, 0.2) is 5.60 Å². The highest BCUT2D eigenvalue weighted by Gasteiger charge is 2.37. The molecule has 0 aliphatic rings. The summed E-state index contributed by atoms with van der Waals surface area (Å²) in [5.74, 6) is -0.689. The van der Waals surface area contributed by atoms with Gasteiger partial charge in [-0.05, 0) is 24.0 Å². The monoisotopic (exact) mass is 314 g/mol. The molecule has 1 atom stereocenters. The van der Waals surface area contributed by atoms with Gasteiger partial charge in [-0.1, -0.05) is 60.7 Å². The number of aliphatic hydroxyl groups is 2. The number of hydrogen-bond donors (Lipinski definition) is 2. The molecule has 0 radical (unpaired) electrons. The summed E-state index contributed by atoms with van der Waals surface area (Å²) >= 11 is 0. The molecule has 0 amide bonds. The summed E-state index contributed by atoms with van der Waals surface area (Å²) in [6.45, 7) is -0.368. The smallest absolute Gasteiger partial charge is 0.338 e. The first-order valence-corrected chi connectivity index (χ1v) is 7.72. The summed E-state index contributed by atoms with van der Waals surface area (Å²) in [6, 6.07) is 19.1. The summed E-state index contributed by atoms with van der Waals surface area (Å²) < 4.78 is 4.98. The van der Waals surface area contributed by atoms with Crippen molar-refractivity contribution in [3.8, 4) is 0 Å². The molecule has 0 aliphatic carbocycles. The van der Waals surface area contributed by atoms with Crippen LogP contribution < -0.4 is 0 Å².